The zero-order chi connectivity index (χ0) is 20.8. The summed E-state index contributed by atoms with van der Waals surface area (Å²) in [5.74, 6) is -0.804. The number of primary amides is 1. The van der Waals surface area contributed by atoms with Crippen LogP contribution in [0.1, 0.15) is 51.9 Å². The van der Waals surface area contributed by atoms with Crippen LogP contribution in [0.25, 0.3) is 11.1 Å². The molecule has 0 fully saturated rings. The van der Waals surface area contributed by atoms with Crippen LogP contribution in [0.3, 0.4) is 0 Å². The minimum absolute atomic E-state index is 0.382. The average Bonchev–Trinajstić information content (AvgIpc) is 2.93. The van der Waals surface area contributed by atoms with E-state index < -0.39 is 5.91 Å². The highest BCUT2D eigenvalue weighted by Crippen LogP contribution is 2.34. The van der Waals surface area contributed by atoms with Gasteiger partial charge >= 0.3 is 5.97 Å². The van der Waals surface area contributed by atoms with Crippen molar-refractivity contribution in [3.05, 3.63) is 46.8 Å². The summed E-state index contributed by atoms with van der Waals surface area (Å²) in [7, 11) is 5.47. The number of hydrogen-bond donors (Lipinski definition) is 1. The number of rotatable bonds is 9. The minimum atomic E-state index is -0.423. The number of ether oxygens (including phenoxy) is 1. The third-order valence-electron chi connectivity index (χ3n) is 4.95. The maximum Gasteiger partial charge on any atom is 0.337 e. The molecule has 152 valence electrons. The molecule has 1 amide bonds. The number of carbonyl (C=O) groups excluding carboxylic acids is 2. The zero-order valence-corrected chi connectivity index (χ0v) is 17.5. The van der Waals surface area contributed by atoms with Gasteiger partial charge in [-0.3, -0.25) is 4.79 Å². The van der Waals surface area contributed by atoms with Crippen LogP contribution in [0.4, 0.5) is 0 Å². The quantitative estimate of drug-likeness (QED) is 0.672. The molecule has 0 spiro atoms. The first-order valence-corrected chi connectivity index (χ1v) is 9.67. The van der Waals surface area contributed by atoms with Gasteiger partial charge in [0.2, 0.25) is 0 Å². The highest BCUT2D eigenvalue weighted by atomic mass is 16.5. The van der Waals surface area contributed by atoms with Crippen molar-refractivity contribution >= 4 is 11.9 Å². The molecular formula is C22H31N3O3. The minimum Gasteiger partial charge on any atom is -0.465 e. The Morgan fingerprint density at radius 1 is 1.18 bits per heavy atom. The summed E-state index contributed by atoms with van der Waals surface area (Å²) < 4.78 is 7.00. The Hall–Kier alpha value is -2.60. The Morgan fingerprint density at radius 3 is 2.32 bits per heavy atom. The summed E-state index contributed by atoms with van der Waals surface area (Å²) in [6, 6.07) is 7.16. The van der Waals surface area contributed by atoms with E-state index in [4.69, 9.17) is 10.5 Å². The molecule has 1 aromatic heterocycles. The summed E-state index contributed by atoms with van der Waals surface area (Å²) >= 11 is 0. The summed E-state index contributed by atoms with van der Waals surface area (Å²) in [4.78, 5) is 26.2. The van der Waals surface area contributed by atoms with Gasteiger partial charge < -0.3 is 19.9 Å². The van der Waals surface area contributed by atoms with Gasteiger partial charge in [0.1, 0.15) is 0 Å². The molecule has 1 heterocycles. The molecule has 0 radical (unpaired) electrons. The molecule has 2 rings (SSSR count). The van der Waals surface area contributed by atoms with E-state index in [-0.39, 0.29) is 5.97 Å². The van der Waals surface area contributed by atoms with Crippen molar-refractivity contribution in [3.63, 3.8) is 0 Å². The molecule has 2 N–H and O–H groups in total. The van der Waals surface area contributed by atoms with Gasteiger partial charge in [0, 0.05) is 23.5 Å². The first-order valence-electron chi connectivity index (χ1n) is 9.67. The highest BCUT2D eigenvalue weighted by molar-refractivity contribution is 6.02. The lowest BCUT2D eigenvalue weighted by molar-refractivity contribution is 0.0600. The third-order valence-corrected chi connectivity index (χ3v) is 4.95. The number of nitrogens with zero attached hydrogens (tertiary/aromatic N) is 2. The molecule has 0 saturated heterocycles. The maximum atomic E-state index is 12.3. The molecule has 28 heavy (non-hydrogen) atoms. The fourth-order valence-electron chi connectivity index (χ4n) is 3.65. The predicted octanol–water partition coefficient (Wildman–Crippen LogP) is 3.25. The first kappa shape index (κ1) is 21.7. The van der Waals surface area contributed by atoms with Crippen molar-refractivity contribution in [1.29, 1.82) is 0 Å². The molecular weight excluding hydrogens is 354 g/mol. The molecule has 0 saturated carbocycles. The Kier molecular flexibility index (Phi) is 7.40. The number of aromatic nitrogens is 1. The van der Waals surface area contributed by atoms with Gasteiger partial charge in [-0.25, -0.2) is 4.79 Å². The zero-order valence-electron chi connectivity index (χ0n) is 17.5. The number of amides is 1. The van der Waals surface area contributed by atoms with Crippen molar-refractivity contribution in [2.45, 2.75) is 39.7 Å². The molecule has 0 aliphatic carbocycles. The van der Waals surface area contributed by atoms with Crippen LogP contribution in [0, 0.1) is 6.92 Å². The largest absolute Gasteiger partial charge is 0.465 e. The SMILES string of the molecule is CCCc1c(-c2ccc(C(=O)OC)cc2)c(C(N)=O)c(C)n1CCCN(C)C. The normalized spacial score (nSPS) is 11.1. The predicted molar refractivity (Wildman–Crippen MR) is 112 cm³/mol. The van der Waals surface area contributed by atoms with Crippen molar-refractivity contribution in [3.8, 4) is 11.1 Å². The average molecular weight is 386 g/mol. The van der Waals surface area contributed by atoms with E-state index in [0.29, 0.717) is 11.1 Å². The standard InChI is InChI=1S/C22H31N3O3/c1-6-8-18-20(16-9-11-17(12-10-16)22(27)28-5)19(21(23)26)15(2)25(18)14-7-13-24(3)4/h9-12H,6-8,13-14H2,1-5H3,(H2,23,26). The van der Waals surface area contributed by atoms with E-state index in [2.05, 4.69) is 30.5 Å². The van der Waals surface area contributed by atoms with Gasteiger partial charge in [0.15, 0.2) is 0 Å². The molecule has 0 bridgehead atoms. The first-order chi connectivity index (χ1) is 13.3. The summed E-state index contributed by atoms with van der Waals surface area (Å²) in [5.41, 5.74) is 10.6. The Balaban J connectivity index is 2.57. The Labute approximate surface area is 167 Å². The van der Waals surface area contributed by atoms with Crippen LogP contribution in [0.15, 0.2) is 24.3 Å². The molecule has 0 atom stereocenters. The van der Waals surface area contributed by atoms with Crippen molar-refractivity contribution < 1.29 is 14.3 Å². The van der Waals surface area contributed by atoms with Gasteiger partial charge in [0.05, 0.1) is 18.2 Å². The van der Waals surface area contributed by atoms with E-state index in [1.165, 1.54) is 7.11 Å². The molecule has 0 aliphatic rings. The van der Waals surface area contributed by atoms with Crippen LogP contribution in [0.5, 0.6) is 0 Å². The maximum absolute atomic E-state index is 12.3. The lowest BCUT2D eigenvalue weighted by Crippen LogP contribution is -2.17. The van der Waals surface area contributed by atoms with Gasteiger partial charge in [-0.15, -0.1) is 0 Å². The van der Waals surface area contributed by atoms with E-state index in [0.717, 1.165) is 54.9 Å². The Morgan fingerprint density at radius 2 is 1.82 bits per heavy atom. The third kappa shape index (κ3) is 4.62. The van der Waals surface area contributed by atoms with Crippen LogP contribution in [0.2, 0.25) is 0 Å². The topological polar surface area (TPSA) is 77.6 Å². The van der Waals surface area contributed by atoms with Gasteiger partial charge in [-0.05, 0) is 58.1 Å². The van der Waals surface area contributed by atoms with Crippen LogP contribution in [-0.2, 0) is 17.7 Å². The van der Waals surface area contributed by atoms with Crippen LogP contribution in [-0.4, -0.2) is 49.1 Å². The number of methoxy groups -OCH3 is 1. The number of nitrogens with two attached hydrogens (primary N) is 1. The molecule has 0 unspecified atom stereocenters. The summed E-state index contributed by atoms with van der Waals surface area (Å²) in [5, 5.41) is 0. The van der Waals surface area contributed by atoms with Gasteiger partial charge in [-0.2, -0.15) is 0 Å². The van der Waals surface area contributed by atoms with Crippen molar-refractivity contribution in [2.75, 3.05) is 27.7 Å². The second-order valence-corrected chi connectivity index (χ2v) is 7.27. The summed E-state index contributed by atoms with van der Waals surface area (Å²) in [6.45, 7) is 5.89. The smallest absolute Gasteiger partial charge is 0.337 e. The van der Waals surface area contributed by atoms with Gasteiger partial charge in [-0.1, -0.05) is 25.5 Å². The molecule has 2 aromatic rings. The van der Waals surface area contributed by atoms with E-state index >= 15 is 0 Å². The Bertz CT molecular complexity index is 836. The van der Waals surface area contributed by atoms with Crippen molar-refractivity contribution in [2.24, 2.45) is 5.73 Å². The number of carbonyl (C=O) groups is 2. The highest BCUT2D eigenvalue weighted by Gasteiger charge is 2.24. The summed E-state index contributed by atoms with van der Waals surface area (Å²) in [6.07, 6.45) is 2.80. The van der Waals surface area contributed by atoms with E-state index in [9.17, 15) is 9.59 Å². The molecule has 0 aliphatic heterocycles. The molecule has 6 nitrogen and oxygen atoms in total. The van der Waals surface area contributed by atoms with Crippen LogP contribution >= 0.6 is 0 Å². The van der Waals surface area contributed by atoms with E-state index in [1.54, 1.807) is 12.1 Å². The number of esters is 1. The lowest BCUT2D eigenvalue weighted by atomic mass is 9.97. The lowest BCUT2D eigenvalue weighted by Gasteiger charge is -2.15. The van der Waals surface area contributed by atoms with Gasteiger partial charge in [0.25, 0.3) is 5.91 Å². The fraction of sp³-hybridized carbons (Fsp3) is 0.455. The van der Waals surface area contributed by atoms with E-state index in [1.807, 2.05) is 19.1 Å². The number of hydrogen-bond acceptors (Lipinski definition) is 4. The second kappa shape index (κ2) is 9.55. The molecule has 6 heteroatoms. The second-order valence-electron chi connectivity index (χ2n) is 7.27. The molecule has 1 aromatic carbocycles. The fourth-order valence-corrected chi connectivity index (χ4v) is 3.65. The van der Waals surface area contributed by atoms with Crippen molar-refractivity contribution in [1.82, 2.24) is 9.47 Å². The van der Waals surface area contributed by atoms with Crippen LogP contribution < -0.4 is 5.73 Å². The number of benzene rings is 1. The monoisotopic (exact) mass is 385 g/mol.